The van der Waals surface area contributed by atoms with Gasteiger partial charge in [0.25, 0.3) is 0 Å². The van der Waals surface area contributed by atoms with Crippen LogP contribution in [0.3, 0.4) is 0 Å². The summed E-state index contributed by atoms with van der Waals surface area (Å²) in [7, 11) is 0. The summed E-state index contributed by atoms with van der Waals surface area (Å²) in [6.45, 7) is 5.59. The van der Waals surface area contributed by atoms with Gasteiger partial charge in [-0.2, -0.15) is 0 Å². The van der Waals surface area contributed by atoms with Gasteiger partial charge in [-0.25, -0.2) is 0 Å². The maximum absolute atomic E-state index is 10.0. The SMILES string of the molecule is CCC(CC)C(O)CNCc1ccc(Cl)cc1Br. The highest BCUT2D eigenvalue weighted by Gasteiger charge is 2.14. The second-order valence-corrected chi connectivity index (χ2v) is 5.80. The first-order valence-corrected chi connectivity index (χ1v) is 7.58. The zero-order valence-corrected chi connectivity index (χ0v) is 13.3. The van der Waals surface area contributed by atoms with Gasteiger partial charge in [-0.1, -0.05) is 60.3 Å². The molecule has 0 spiro atoms. The average molecular weight is 335 g/mol. The molecule has 0 amide bonds. The summed E-state index contributed by atoms with van der Waals surface area (Å²) in [6, 6.07) is 5.75. The van der Waals surface area contributed by atoms with Crippen LogP contribution in [0.4, 0.5) is 0 Å². The van der Waals surface area contributed by atoms with Crippen LogP contribution in [0, 0.1) is 5.92 Å². The van der Waals surface area contributed by atoms with Crippen molar-refractivity contribution in [3.05, 3.63) is 33.3 Å². The van der Waals surface area contributed by atoms with E-state index in [0.29, 0.717) is 12.5 Å². The Balaban J connectivity index is 2.41. The van der Waals surface area contributed by atoms with Gasteiger partial charge in [-0.3, -0.25) is 0 Å². The summed E-state index contributed by atoms with van der Waals surface area (Å²) in [5.41, 5.74) is 1.15. The molecule has 0 fully saturated rings. The van der Waals surface area contributed by atoms with Gasteiger partial charge in [-0.15, -0.1) is 0 Å². The molecule has 1 aromatic carbocycles. The molecule has 1 unspecified atom stereocenters. The van der Waals surface area contributed by atoms with Crippen LogP contribution in [0.25, 0.3) is 0 Å². The highest BCUT2D eigenvalue weighted by atomic mass is 79.9. The second kappa shape index (κ2) is 8.16. The summed E-state index contributed by atoms with van der Waals surface area (Å²) < 4.78 is 1.000. The topological polar surface area (TPSA) is 32.3 Å². The summed E-state index contributed by atoms with van der Waals surface area (Å²) in [4.78, 5) is 0. The van der Waals surface area contributed by atoms with E-state index in [9.17, 15) is 5.11 Å². The number of hydrogen-bond acceptors (Lipinski definition) is 2. The van der Waals surface area contributed by atoms with Crippen LogP contribution in [0.15, 0.2) is 22.7 Å². The van der Waals surface area contributed by atoms with E-state index in [0.717, 1.165) is 34.4 Å². The van der Waals surface area contributed by atoms with Crippen LogP contribution in [-0.4, -0.2) is 17.8 Å². The molecular weight excluding hydrogens is 314 g/mol. The smallest absolute Gasteiger partial charge is 0.0692 e. The van der Waals surface area contributed by atoms with E-state index < -0.39 is 0 Å². The Bertz CT molecular complexity index is 369. The van der Waals surface area contributed by atoms with Gasteiger partial charge in [0.1, 0.15) is 0 Å². The molecule has 1 atom stereocenters. The summed E-state index contributed by atoms with van der Waals surface area (Å²) in [5, 5.41) is 14.0. The largest absolute Gasteiger partial charge is 0.392 e. The third kappa shape index (κ3) is 4.88. The van der Waals surface area contributed by atoms with E-state index in [1.54, 1.807) is 0 Å². The Kier molecular flexibility index (Phi) is 7.23. The molecule has 0 aliphatic heterocycles. The van der Waals surface area contributed by atoms with E-state index in [1.165, 1.54) is 0 Å². The molecular formula is C14H21BrClNO. The Morgan fingerprint density at radius 1 is 1.33 bits per heavy atom. The van der Waals surface area contributed by atoms with Crippen molar-refractivity contribution in [3.63, 3.8) is 0 Å². The molecule has 1 aromatic rings. The zero-order chi connectivity index (χ0) is 13.5. The zero-order valence-electron chi connectivity index (χ0n) is 10.9. The molecule has 18 heavy (non-hydrogen) atoms. The van der Waals surface area contributed by atoms with Crippen molar-refractivity contribution >= 4 is 27.5 Å². The first kappa shape index (κ1) is 16.0. The van der Waals surface area contributed by atoms with Crippen LogP contribution in [0.1, 0.15) is 32.3 Å². The van der Waals surface area contributed by atoms with Crippen molar-refractivity contribution in [1.82, 2.24) is 5.32 Å². The monoisotopic (exact) mass is 333 g/mol. The van der Waals surface area contributed by atoms with Crippen molar-refractivity contribution < 1.29 is 5.11 Å². The highest BCUT2D eigenvalue weighted by Crippen LogP contribution is 2.21. The number of aliphatic hydroxyl groups is 1. The maximum Gasteiger partial charge on any atom is 0.0692 e. The van der Waals surface area contributed by atoms with Crippen LogP contribution in [0.5, 0.6) is 0 Å². The highest BCUT2D eigenvalue weighted by molar-refractivity contribution is 9.10. The summed E-state index contributed by atoms with van der Waals surface area (Å²) >= 11 is 9.37. The van der Waals surface area contributed by atoms with Crippen molar-refractivity contribution in [2.45, 2.75) is 39.3 Å². The fourth-order valence-electron chi connectivity index (χ4n) is 2.02. The third-order valence-electron chi connectivity index (χ3n) is 3.28. The molecule has 0 saturated carbocycles. The number of halogens is 2. The Morgan fingerprint density at radius 3 is 2.56 bits per heavy atom. The first-order chi connectivity index (χ1) is 8.58. The molecule has 102 valence electrons. The van der Waals surface area contributed by atoms with E-state index in [1.807, 2.05) is 18.2 Å². The Morgan fingerprint density at radius 2 is 2.00 bits per heavy atom. The molecule has 0 aliphatic rings. The maximum atomic E-state index is 10.0. The number of nitrogens with one attached hydrogen (secondary N) is 1. The van der Waals surface area contributed by atoms with Gasteiger partial charge in [0, 0.05) is 22.6 Å². The molecule has 0 aliphatic carbocycles. The van der Waals surface area contributed by atoms with Crippen molar-refractivity contribution in [2.24, 2.45) is 5.92 Å². The number of benzene rings is 1. The second-order valence-electron chi connectivity index (χ2n) is 4.51. The predicted octanol–water partition coefficient (Wildman–Crippen LogP) is 3.99. The summed E-state index contributed by atoms with van der Waals surface area (Å²) in [5.74, 6) is 0.381. The van der Waals surface area contributed by atoms with Gasteiger partial charge >= 0.3 is 0 Å². The van der Waals surface area contributed by atoms with Gasteiger partial charge in [-0.05, 0) is 23.6 Å². The van der Waals surface area contributed by atoms with Crippen LogP contribution in [0.2, 0.25) is 5.02 Å². The molecule has 2 nitrogen and oxygen atoms in total. The van der Waals surface area contributed by atoms with E-state index in [4.69, 9.17) is 11.6 Å². The van der Waals surface area contributed by atoms with E-state index in [2.05, 4.69) is 35.1 Å². The normalized spacial score (nSPS) is 13.0. The van der Waals surface area contributed by atoms with Crippen molar-refractivity contribution in [2.75, 3.05) is 6.54 Å². The van der Waals surface area contributed by atoms with Crippen LogP contribution < -0.4 is 5.32 Å². The molecule has 0 saturated heterocycles. The minimum atomic E-state index is -0.272. The lowest BCUT2D eigenvalue weighted by Gasteiger charge is -2.20. The Labute approximate surface area is 123 Å². The number of hydrogen-bond donors (Lipinski definition) is 2. The fourth-order valence-corrected chi connectivity index (χ4v) is 2.84. The molecule has 0 aromatic heterocycles. The number of aliphatic hydroxyl groups excluding tert-OH is 1. The average Bonchev–Trinajstić information content (AvgIpc) is 2.33. The van der Waals surface area contributed by atoms with Crippen LogP contribution in [-0.2, 0) is 6.54 Å². The third-order valence-corrected chi connectivity index (χ3v) is 4.25. The molecule has 1 rings (SSSR count). The van der Waals surface area contributed by atoms with Crippen molar-refractivity contribution in [1.29, 1.82) is 0 Å². The summed E-state index contributed by atoms with van der Waals surface area (Å²) in [6.07, 6.45) is 1.76. The van der Waals surface area contributed by atoms with Gasteiger partial charge in [0.05, 0.1) is 6.10 Å². The quantitative estimate of drug-likeness (QED) is 0.790. The standard InChI is InChI=1S/C14H21BrClNO/c1-3-10(4-2)14(18)9-17-8-11-5-6-12(16)7-13(11)15/h5-7,10,14,17-18H,3-4,8-9H2,1-2H3. The molecule has 4 heteroatoms. The molecule has 0 heterocycles. The minimum Gasteiger partial charge on any atom is -0.392 e. The fraction of sp³-hybridized carbons (Fsp3) is 0.571. The number of rotatable bonds is 7. The van der Waals surface area contributed by atoms with Gasteiger partial charge in [0.2, 0.25) is 0 Å². The first-order valence-electron chi connectivity index (χ1n) is 6.41. The molecule has 2 N–H and O–H groups in total. The lowest BCUT2D eigenvalue weighted by Crippen LogP contribution is -2.32. The van der Waals surface area contributed by atoms with Gasteiger partial charge < -0.3 is 10.4 Å². The van der Waals surface area contributed by atoms with Crippen LogP contribution >= 0.6 is 27.5 Å². The van der Waals surface area contributed by atoms with E-state index in [-0.39, 0.29) is 6.10 Å². The van der Waals surface area contributed by atoms with Gasteiger partial charge in [0.15, 0.2) is 0 Å². The predicted molar refractivity (Wildman–Crippen MR) is 80.9 cm³/mol. The van der Waals surface area contributed by atoms with Crippen molar-refractivity contribution in [3.8, 4) is 0 Å². The lowest BCUT2D eigenvalue weighted by atomic mass is 9.96. The van der Waals surface area contributed by atoms with E-state index >= 15 is 0 Å². The minimum absolute atomic E-state index is 0.272. The molecule has 0 radical (unpaired) electrons. The lowest BCUT2D eigenvalue weighted by molar-refractivity contribution is 0.101. The Hall–Kier alpha value is -0.0900. The molecule has 0 bridgehead atoms.